The molecule has 1 saturated heterocycles. The predicted molar refractivity (Wildman–Crippen MR) is 38.6 cm³/mol. The smallest absolute Gasteiger partial charge is 0.309 e. The van der Waals surface area contributed by atoms with Crippen LogP contribution in [0.3, 0.4) is 0 Å². The molecule has 0 radical (unpaired) electrons. The van der Waals surface area contributed by atoms with Crippen molar-refractivity contribution in [2.75, 3.05) is 0 Å². The van der Waals surface area contributed by atoms with Gasteiger partial charge in [0.05, 0.1) is 12.0 Å². The second-order valence-corrected chi connectivity index (χ2v) is 2.97. The Balaban J connectivity index is 2.39. The Labute approximate surface area is 61.6 Å². The molecular formula is C8H14O2. The lowest BCUT2D eigenvalue weighted by atomic mass is 10.0. The number of esters is 1. The fraction of sp³-hybridized carbons (Fsp3) is 0.875. The molecule has 0 unspecified atom stereocenters. The molecule has 0 N–H and O–H groups in total. The van der Waals surface area contributed by atoms with Crippen LogP contribution < -0.4 is 0 Å². The molecule has 2 heteroatoms. The van der Waals surface area contributed by atoms with E-state index in [4.69, 9.17) is 4.74 Å². The highest BCUT2D eigenvalue weighted by molar-refractivity contribution is 5.74. The van der Waals surface area contributed by atoms with Crippen LogP contribution in [0.2, 0.25) is 0 Å². The van der Waals surface area contributed by atoms with Gasteiger partial charge in [-0.25, -0.2) is 0 Å². The third-order valence-corrected chi connectivity index (χ3v) is 1.90. The number of ether oxygens (including phenoxy) is 1. The maximum atomic E-state index is 11.0. The van der Waals surface area contributed by atoms with E-state index in [1.165, 1.54) is 0 Å². The van der Waals surface area contributed by atoms with Crippen molar-refractivity contribution in [1.82, 2.24) is 0 Å². The summed E-state index contributed by atoms with van der Waals surface area (Å²) in [4.78, 5) is 11.0. The Morgan fingerprint density at radius 3 is 2.80 bits per heavy atom. The van der Waals surface area contributed by atoms with Gasteiger partial charge in [0.25, 0.3) is 0 Å². The molecule has 0 bridgehead atoms. The number of carbonyl (C=O) groups excluding carboxylic acids is 1. The van der Waals surface area contributed by atoms with Crippen molar-refractivity contribution in [3.8, 4) is 0 Å². The number of hydrogen-bond donors (Lipinski definition) is 0. The van der Waals surface area contributed by atoms with E-state index in [2.05, 4.69) is 6.92 Å². The molecule has 0 saturated carbocycles. The monoisotopic (exact) mass is 142 g/mol. The molecule has 0 aliphatic carbocycles. The third kappa shape index (κ3) is 1.49. The van der Waals surface area contributed by atoms with Crippen molar-refractivity contribution in [3.63, 3.8) is 0 Å². The summed E-state index contributed by atoms with van der Waals surface area (Å²) in [7, 11) is 0. The fourth-order valence-electron chi connectivity index (χ4n) is 1.42. The fourth-order valence-corrected chi connectivity index (χ4v) is 1.42. The maximum Gasteiger partial charge on any atom is 0.309 e. The summed E-state index contributed by atoms with van der Waals surface area (Å²) >= 11 is 0. The Hall–Kier alpha value is -0.530. The van der Waals surface area contributed by atoms with Gasteiger partial charge in [0.2, 0.25) is 0 Å². The molecule has 0 aromatic rings. The Bertz CT molecular complexity index is 131. The van der Waals surface area contributed by atoms with Gasteiger partial charge in [-0.05, 0) is 19.8 Å². The minimum Gasteiger partial charge on any atom is -0.462 e. The van der Waals surface area contributed by atoms with Gasteiger partial charge in [-0.15, -0.1) is 0 Å². The lowest BCUT2D eigenvalue weighted by Gasteiger charge is -1.99. The van der Waals surface area contributed by atoms with Gasteiger partial charge in [0.15, 0.2) is 0 Å². The van der Waals surface area contributed by atoms with Crippen molar-refractivity contribution in [2.45, 2.75) is 39.2 Å². The second kappa shape index (κ2) is 3.04. The predicted octanol–water partition coefficient (Wildman–Crippen LogP) is 1.74. The highest BCUT2D eigenvalue weighted by Gasteiger charge is 2.30. The Kier molecular flexibility index (Phi) is 2.30. The van der Waals surface area contributed by atoms with Crippen molar-refractivity contribution in [1.29, 1.82) is 0 Å². The van der Waals surface area contributed by atoms with E-state index >= 15 is 0 Å². The van der Waals surface area contributed by atoms with Gasteiger partial charge in [0, 0.05) is 0 Å². The van der Waals surface area contributed by atoms with Crippen LogP contribution in [-0.2, 0) is 9.53 Å². The van der Waals surface area contributed by atoms with E-state index < -0.39 is 0 Å². The van der Waals surface area contributed by atoms with E-state index in [1.54, 1.807) is 0 Å². The van der Waals surface area contributed by atoms with Crippen LogP contribution in [0.25, 0.3) is 0 Å². The van der Waals surface area contributed by atoms with Crippen LogP contribution in [0.1, 0.15) is 33.1 Å². The molecule has 1 aliphatic rings. The zero-order valence-corrected chi connectivity index (χ0v) is 6.59. The zero-order valence-electron chi connectivity index (χ0n) is 6.59. The lowest BCUT2D eigenvalue weighted by molar-refractivity contribution is -0.143. The van der Waals surface area contributed by atoms with Crippen LogP contribution in [0.15, 0.2) is 0 Å². The van der Waals surface area contributed by atoms with E-state index in [1.807, 2.05) is 6.92 Å². The Morgan fingerprint density at radius 2 is 2.40 bits per heavy atom. The quantitative estimate of drug-likeness (QED) is 0.549. The van der Waals surface area contributed by atoms with E-state index in [0.29, 0.717) is 0 Å². The van der Waals surface area contributed by atoms with Crippen LogP contribution in [0.4, 0.5) is 0 Å². The van der Waals surface area contributed by atoms with Gasteiger partial charge in [-0.3, -0.25) is 4.79 Å². The summed E-state index contributed by atoms with van der Waals surface area (Å²) in [6.45, 7) is 4.05. The lowest BCUT2D eigenvalue weighted by Crippen LogP contribution is -2.06. The van der Waals surface area contributed by atoms with Crippen molar-refractivity contribution in [3.05, 3.63) is 0 Å². The summed E-state index contributed by atoms with van der Waals surface area (Å²) in [5, 5.41) is 0. The van der Waals surface area contributed by atoms with E-state index in [-0.39, 0.29) is 18.0 Å². The van der Waals surface area contributed by atoms with Gasteiger partial charge in [-0.2, -0.15) is 0 Å². The number of rotatable bonds is 2. The molecule has 1 fully saturated rings. The number of cyclic esters (lactones) is 1. The molecule has 10 heavy (non-hydrogen) atoms. The minimum atomic E-state index is 0.00866. The topological polar surface area (TPSA) is 26.3 Å². The number of carbonyl (C=O) groups is 1. The molecule has 2 atom stereocenters. The van der Waals surface area contributed by atoms with E-state index in [9.17, 15) is 4.79 Å². The largest absolute Gasteiger partial charge is 0.462 e. The summed E-state index contributed by atoms with van der Waals surface area (Å²) < 4.78 is 4.99. The van der Waals surface area contributed by atoms with Crippen LogP contribution in [-0.4, -0.2) is 12.1 Å². The first-order valence-electron chi connectivity index (χ1n) is 3.94. The van der Waals surface area contributed by atoms with Crippen LogP contribution in [0, 0.1) is 5.92 Å². The van der Waals surface area contributed by atoms with E-state index in [0.717, 1.165) is 19.3 Å². The molecule has 1 heterocycles. The summed E-state index contributed by atoms with van der Waals surface area (Å²) in [6, 6.07) is 0. The minimum absolute atomic E-state index is 0.00866. The molecule has 1 rings (SSSR count). The first kappa shape index (κ1) is 7.58. The Morgan fingerprint density at radius 1 is 1.70 bits per heavy atom. The normalized spacial score (nSPS) is 32.4. The first-order valence-corrected chi connectivity index (χ1v) is 3.94. The average Bonchev–Trinajstić information content (AvgIpc) is 2.13. The SMILES string of the molecule is CCC[C@H]1C[C@@H](C)OC1=O. The molecule has 0 amide bonds. The molecule has 0 aromatic carbocycles. The highest BCUT2D eigenvalue weighted by atomic mass is 16.5. The third-order valence-electron chi connectivity index (χ3n) is 1.90. The van der Waals surface area contributed by atoms with Gasteiger partial charge < -0.3 is 4.74 Å². The first-order chi connectivity index (χ1) is 4.74. The van der Waals surface area contributed by atoms with Crippen LogP contribution in [0.5, 0.6) is 0 Å². The molecule has 1 aliphatic heterocycles. The van der Waals surface area contributed by atoms with Crippen molar-refractivity contribution >= 4 is 5.97 Å². The molecule has 2 nitrogen and oxygen atoms in total. The molecular weight excluding hydrogens is 128 g/mol. The summed E-state index contributed by atoms with van der Waals surface area (Å²) in [6.07, 6.45) is 3.14. The molecule has 0 aromatic heterocycles. The second-order valence-electron chi connectivity index (χ2n) is 2.97. The van der Waals surface area contributed by atoms with Crippen molar-refractivity contribution in [2.24, 2.45) is 5.92 Å². The highest BCUT2D eigenvalue weighted by Crippen LogP contribution is 2.24. The van der Waals surface area contributed by atoms with Crippen LogP contribution >= 0.6 is 0 Å². The van der Waals surface area contributed by atoms with Gasteiger partial charge >= 0.3 is 5.97 Å². The molecule has 0 spiro atoms. The summed E-state index contributed by atoms with van der Waals surface area (Å²) in [5.41, 5.74) is 0. The molecule has 58 valence electrons. The standard InChI is InChI=1S/C8H14O2/c1-3-4-7-5-6(2)10-8(7)9/h6-7H,3-5H2,1-2H3/t6-,7+/m1/s1. The zero-order chi connectivity index (χ0) is 7.56. The number of hydrogen-bond acceptors (Lipinski definition) is 2. The van der Waals surface area contributed by atoms with Gasteiger partial charge in [0.1, 0.15) is 0 Å². The van der Waals surface area contributed by atoms with Crippen molar-refractivity contribution < 1.29 is 9.53 Å². The average molecular weight is 142 g/mol. The maximum absolute atomic E-state index is 11.0. The van der Waals surface area contributed by atoms with Gasteiger partial charge in [-0.1, -0.05) is 13.3 Å². The summed E-state index contributed by atoms with van der Waals surface area (Å²) in [5.74, 6) is 0.203.